The van der Waals surface area contributed by atoms with E-state index < -0.39 is 0 Å². The van der Waals surface area contributed by atoms with E-state index in [1.807, 2.05) is 82.1 Å². The molecule has 47 heavy (non-hydrogen) atoms. The predicted octanol–water partition coefficient (Wildman–Crippen LogP) is 5.67. The van der Waals surface area contributed by atoms with Crippen LogP contribution in [-0.4, -0.2) is 82.6 Å². The van der Waals surface area contributed by atoms with Gasteiger partial charge in [0, 0.05) is 68.2 Å². The van der Waals surface area contributed by atoms with E-state index >= 15 is 0 Å². The molecular formula is C38H52N4O5. The molecule has 9 nitrogen and oxygen atoms in total. The summed E-state index contributed by atoms with van der Waals surface area (Å²) < 4.78 is 11.5. The van der Waals surface area contributed by atoms with Gasteiger partial charge in [-0.2, -0.15) is 0 Å². The van der Waals surface area contributed by atoms with Gasteiger partial charge in [-0.15, -0.1) is 0 Å². The Morgan fingerprint density at radius 1 is 1.06 bits per heavy atom. The summed E-state index contributed by atoms with van der Waals surface area (Å²) in [5, 5.41) is 6.01. The second-order valence-corrected chi connectivity index (χ2v) is 12.5. The molecular weight excluding hydrogens is 592 g/mol. The average Bonchev–Trinajstić information content (AvgIpc) is 3.64. The lowest BCUT2D eigenvalue weighted by Crippen LogP contribution is -2.37. The van der Waals surface area contributed by atoms with Crippen molar-refractivity contribution in [1.29, 1.82) is 0 Å². The van der Waals surface area contributed by atoms with Crippen molar-refractivity contribution >= 4 is 23.8 Å². The van der Waals surface area contributed by atoms with Crippen molar-refractivity contribution in [2.45, 2.75) is 59.8 Å². The molecule has 2 aromatic rings. The molecule has 9 heteroatoms. The van der Waals surface area contributed by atoms with E-state index in [-0.39, 0.29) is 24.3 Å². The Kier molecular flexibility index (Phi) is 13.6. The number of hydrogen-bond donors (Lipinski definition) is 2. The summed E-state index contributed by atoms with van der Waals surface area (Å²) in [6, 6.07) is 11.8. The number of hydrogen-bond acceptors (Lipinski definition) is 7. The number of benzene rings is 2. The maximum atomic E-state index is 13.8. The highest BCUT2D eigenvalue weighted by molar-refractivity contribution is 6.03. The normalized spacial score (nSPS) is 16.4. The lowest BCUT2D eigenvalue weighted by molar-refractivity contribution is -0.122. The van der Waals surface area contributed by atoms with E-state index in [0.717, 1.165) is 111 Å². The first-order valence-corrected chi connectivity index (χ1v) is 17.0. The highest BCUT2D eigenvalue weighted by Crippen LogP contribution is 2.35. The first kappa shape index (κ1) is 35.9. The summed E-state index contributed by atoms with van der Waals surface area (Å²) in [7, 11) is 1.82. The van der Waals surface area contributed by atoms with Crippen LogP contribution in [0.4, 0.5) is 5.69 Å². The zero-order valence-corrected chi connectivity index (χ0v) is 28.8. The lowest BCUT2D eigenvalue weighted by atomic mass is 9.95. The molecule has 2 amide bonds. The van der Waals surface area contributed by atoms with Crippen LogP contribution < -0.4 is 20.3 Å². The minimum Gasteiger partial charge on any atom is -0.494 e. The molecule has 0 atom stereocenters. The fourth-order valence-corrected chi connectivity index (χ4v) is 6.30. The highest BCUT2D eigenvalue weighted by Gasteiger charge is 2.29. The van der Waals surface area contributed by atoms with Gasteiger partial charge in [-0.05, 0) is 99.6 Å². The Morgan fingerprint density at radius 2 is 1.77 bits per heavy atom. The van der Waals surface area contributed by atoms with Gasteiger partial charge in [0.1, 0.15) is 12.0 Å². The van der Waals surface area contributed by atoms with Gasteiger partial charge in [0.2, 0.25) is 5.91 Å². The number of carbonyl (C=O) groups excluding carboxylic acids is 3. The van der Waals surface area contributed by atoms with Crippen LogP contribution in [-0.2, 0) is 14.3 Å². The molecule has 0 unspecified atom stereocenters. The van der Waals surface area contributed by atoms with E-state index in [4.69, 9.17) is 9.47 Å². The van der Waals surface area contributed by atoms with Crippen LogP contribution in [0, 0.1) is 12.8 Å². The summed E-state index contributed by atoms with van der Waals surface area (Å²) in [6.07, 6.45) is 7.54. The van der Waals surface area contributed by atoms with E-state index in [1.54, 1.807) is 0 Å². The van der Waals surface area contributed by atoms with Gasteiger partial charge in [-0.3, -0.25) is 19.3 Å². The number of ether oxygens (including phenoxy) is 2. The number of nitrogens with one attached hydrogen (secondary N) is 2. The zero-order valence-electron chi connectivity index (χ0n) is 28.8. The summed E-state index contributed by atoms with van der Waals surface area (Å²) >= 11 is 0. The van der Waals surface area contributed by atoms with Crippen LogP contribution in [0.15, 0.2) is 59.3 Å². The van der Waals surface area contributed by atoms with Gasteiger partial charge in [-0.1, -0.05) is 25.0 Å². The molecule has 0 spiro atoms. The Labute approximate surface area is 280 Å². The fraction of sp³-hybridized carbons (Fsp3) is 0.500. The molecule has 1 saturated carbocycles. The predicted molar refractivity (Wildman–Crippen MR) is 188 cm³/mol. The van der Waals surface area contributed by atoms with E-state index in [0.29, 0.717) is 24.3 Å². The van der Waals surface area contributed by atoms with Crippen molar-refractivity contribution in [3.63, 3.8) is 0 Å². The first-order chi connectivity index (χ1) is 22.7. The van der Waals surface area contributed by atoms with E-state index in [9.17, 15) is 14.4 Å². The largest absolute Gasteiger partial charge is 0.494 e. The Bertz CT molecular complexity index is 1440. The second-order valence-electron chi connectivity index (χ2n) is 12.5. The molecule has 4 rings (SSSR count). The molecule has 2 N–H and O–H groups in total. The molecule has 1 saturated heterocycles. The zero-order chi connectivity index (χ0) is 33.8. The van der Waals surface area contributed by atoms with Crippen molar-refractivity contribution in [3.05, 3.63) is 70.4 Å². The maximum Gasteiger partial charge on any atom is 0.251 e. The van der Waals surface area contributed by atoms with Crippen LogP contribution in [0.3, 0.4) is 0 Å². The molecule has 254 valence electrons. The minimum atomic E-state index is -0.295. The van der Waals surface area contributed by atoms with Crippen molar-refractivity contribution < 1.29 is 23.9 Å². The monoisotopic (exact) mass is 644 g/mol. The SMILES string of the molecule is CCN(C(=O)C1CCCC1)c1cc(-c2ccc(OCCCN3CCOCC3)cc2)cc(C(=O)NC/C(C=O)=C(C)/C=C(/C)NC)c1C. The molecule has 2 fully saturated rings. The fourth-order valence-electron chi connectivity index (χ4n) is 6.30. The number of morpholine rings is 1. The number of nitrogens with zero attached hydrogens (tertiary/aromatic N) is 2. The molecule has 2 aliphatic rings. The summed E-state index contributed by atoms with van der Waals surface area (Å²) in [5.74, 6) is 0.619. The number of aldehydes is 1. The molecule has 2 aromatic carbocycles. The summed E-state index contributed by atoms with van der Waals surface area (Å²) in [5.41, 5.74) is 5.89. The van der Waals surface area contributed by atoms with Crippen molar-refractivity contribution in [2.75, 3.05) is 64.5 Å². The molecule has 0 bridgehead atoms. The highest BCUT2D eigenvalue weighted by atomic mass is 16.5. The average molecular weight is 645 g/mol. The first-order valence-electron chi connectivity index (χ1n) is 17.0. The topological polar surface area (TPSA) is 100 Å². The van der Waals surface area contributed by atoms with E-state index in [2.05, 4.69) is 15.5 Å². The lowest BCUT2D eigenvalue weighted by Gasteiger charge is -2.28. The third-order valence-corrected chi connectivity index (χ3v) is 9.30. The number of allylic oxidation sites excluding steroid dienone is 3. The minimum absolute atomic E-state index is 0.00680. The third-order valence-electron chi connectivity index (χ3n) is 9.30. The number of carbonyl (C=O) groups is 3. The Morgan fingerprint density at radius 3 is 2.40 bits per heavy atom. The number of amides is 2. The standard InChI is InChI=1S/C38H52N4O5/c1-6-42(38(45)31-10-7-8-11-31)36-24-32(30-12-14-34(15-13-30)47-19-9-16-41-17-20-46-21-18-41)23-35(29(36)4)37(44)40-25-33(26-43)27(2)22-28(3)39-5/h12-15,22-24,26,31,39H,6-11,16-21,25H2,1-5H3,(H,40,44)/b28-22-,33-27-. The van der Waals surface area contributed by atoms with Crippen LogP contribution in [0.5, 0.6) is 5.75 Å². The van der Waals surface area contributed by atoms with Gasteiger partial charge in [0.15, 0.2) is 0 Å². The van der Waals surface area contributed by atoms with Gasteiger partial charge in [-0.25, -0.2) is 0 Å². The van der Waals surface area contributed by atoms with Crippen LogP contribution in [0.1, 0.15) is 68.8 Å². The molecule has 1 heterocycles. The van der Waals surface area contributed by atoms with Crippen molar-refractivity contribution in [1.82, 2.24) is 15.5 Å². The third kappa shape index (κ3) is 9.78. The molecule has 1 aliphatic heterocycles. The molecule has 0 radical (unpaired) electrons. The van der Waals surface area contributed by atoms with Gasteiger partial charge in [0.25, 0.3) is 5.91 Å². The van der Waals surface area contributed by atoms with Crippen LogP contribution in [0.25, 0.3) is 11.1 Å². The van der Waals surface area contributed by atoms with Crippen LogP contribution >= 0.6 is 0 Å². The maximum absolute atomic E-state index is 13.8. The van der Waals surface area contributed by atoms with Gasteiger partial charge >= 0.3 is 0 Å². The summed E-state index contributed by atoms with van der Waals surface area (Å²) in [6.45, 7) is 13.4. The molecule has 1 aliphatic carbocycles. The number of anilines is 1. The second kappa shape index (κ2) is 17.8. The quantitative estimate of drug-likeness (QED) is 0.112. The van der Waals surface area contributed by atoms with Crippen molar-refractivity contribution in [3.8, 4) is 16.9 Å². The smallest absolute Gasteiger partial charge is 0.251 e. The Hall–Kier alpha value is -3.95. The van der Waals surface area contributed by atoms with Crippen molar-refractivity contribution in [2.24, 2.45) is 5.92 Å². The summed E-state index contributed by atoms with van der Waals surface area (Å²) in [4.78, 5) is 43.6. The van der Waals surface area contributed by atoms with Gasteiger partial charge in [0.05, 0.1) is 19.8 Å². The van der Waals surface area contributed by atoms with Gasteiger partial charge < -0.3 is 25.0 Å². The Balaban J connectivity index is 1.58. The number of rotatable bonds is 15. The van der Waals surface area contributed by atoms with Crippen LogP contribution in [0.2, 0.25) is 0 Å². The van der Waals surface area contributed by atoms with E-state index in [1.165, 1.54) is 0 Å². The molecule has 0 aromatic heterocycles.